The van der Waals surface area contributed by atoms with Crippen molar-refractivity contribution in [2.75, 3.05) is 20.1 Å². The topological polar surface area (TPSA) is 42.1 Å². The molecule has 1 rings (SSSR count). The van der Waals surface area contributed by atoms with Crippen LogP contribution in [0.2, 0.25) is 0 Å². The van der Waals surface area contributed by atoms with Crippen LogP contribution in [-0.2, 0) is 0 Å². The first-order valence-electron chi connectivity index (χ1n) is 5.87. The molecule has 0 amide bonds. The van der Waals surface area contributed by atoms with Gasteiger partial charge in [-0.15, -0.1) is 0 Å². The molecule has 1 heterocycles. The molecular weight excluding hydrogens is 198 g/mol. The Bertz CT molecular complexity index is 323. The van der Waals surface area contributed by atoms with Gasteiger partial charge in [0, 0.05) is 31.5 Å². The summed E-state index contributed by atoms with van der Waals surface area (Å²) in [5, 5.41) is 0. The molecule has 3 heteroatoms. The molecular formula is C13H23N3. The van der Waals surface area contributed by atoms with E-state index in [2.05, 4.69) is 37.7 Å². The van der Waals surface area contributed by atoms with Crippen LogP contribution in [0, 0.1) is 12.8 Å². The number of aryl methyl sites for hydroxylation is 1. The van der Waals surface area contributed by atoms with Gasteiger partial charge in [-0.05, 0) is 37.1 Å². The molecule has 0 saturated carbocycles. The van der Waals surface area contributed by atoms with Crippen molar-refractivity contribution in [1.29, 1.82) is 0 Å². The highest BCUT2D eigenvalue weighted by molar-refractivity contribution is 5.25. The maximum atomic E-state index is 5.88. The fourth-order valence-corrected chi connectivity index (χ4v) is 2.07. The zero-order valence-electron chi connectivity index (χ0n) is 10.8. The summed E-state index contributed by atoms with van der Waals surface area (Å²) >= 11 is 0. The summed E-state index contributed by atoms with van der Waals surface area (Å²) in [6, 6.07) is 2.32. The molecule has 0 fully saturated rings. The summed E-state index contributed by atoms with van der Waals surface area (Å²) in [6.07, 6.45) is 3.76. The summed E-state index contributed by atoms with van der Waals surface area (Å²) in [6.45, 7) is 8.25. The Morgan fingerprint density at radius 2 is 2.12 bits per heavy atom. The predicted molar refractivity (Wildman–Crippen MR) is 68.2 cm³/mol. The van der Waals surface area contributed by atoms with Gasteiger partial charge in [0.2, 0.25) is 0 Å². The van der Waals surface area contributed by atoms with Crippen molar-refractivity contribution in [2.45, 2.75) is 26.8 Å². The number of nitrogens with zero attached hydrogens (tertiary/aromatic N) is 2. The molecule has 16 heavy (non-hydrogen) atoms. The van der Waals surface area contributed by atoms with E-state index in [1.54, 1.807) is 0 Å². The number of nitrogens with two attached hydrogens (primary N) is 1. The molecule has 0 spiro atoms. The molecule has 3 nitrogen and oxygen atoms in total. The quantitative estimate of drug-likeness (QED) is 0.826. The van der Waals surface area contributed by atoms with Gasteiger partial charge in [-0.3, -0.25) is 9.88 Å². The molecule has 1 aromatic heterocycles. The molecule has 2 N–H and O–H groups in total. The van der Waals surface area contributed by atoms with Gasteiger partial charge in [0.25, 0.3) is 0 Å². The lowest BCUT2D eigenvalue weighted by atomic mass is 10.0. The summed E-state index contributed by atoms with van der Waals surface area (Å²) in [7, 11) is 2.13. The monoisotopic (exact) mass is 221 g/mol. The summed E-state index contributed by atoms with van der Waals surface area (Å²) < 4.78 is 0. The average Bonchev–Trinajstić information content (AvgIpc) is 2.20. The fourth-order valence-electron chi connectivity index (χ4n) is 2.07. The molecule has 0 saturated heterocycles. The lowest BCUT2D eigenvalue weighted by molar-refractivity contribution is 0.223. The van der Waals surface area contributed by atoms with Crippen molar-refractivity contribution in [2.24, 2.45) is 11.7 Å². The largest absolute Gasteiger partial charge is 0.329 e. The number of likely N-dealkylation sites (N-methyl/N-ethyl adjacent to an activating group) is 1. The maximum absolute atomic E-state index is 5.88. The molecule has 0 aliphatic heterocycles. The van der Waals surface area contributed by atoms with Crippen LogP contribution in [0.4, 0.5) is 0 Å². The minimum Gasteiger partial charge on any atom is -0.329 e. The third-order valence-electron chi connectivity index (χ3n) is 2.85. The van der Waals surface area contributed by atoms with Crippen LogP contribution in [0.25, 0.3) is 0 Å². The van der Waals surface area contributed by atoms with Crippen LogP contribution in [0.3, 0.4) is 0 Å². The smallest absolute Gasteiger partial charge is 0.0485 e. The zero-order chi connectivity index (χ0) is 12.1. The average molecular weight is 221 g/mol. The molecule has 0 aliphatic carbocycles. The van der Waals surface area contributed by atoms with E-state index >= 15 is 0 Å². The van der Waals surface area contributed by atoms with Crippen molar-refractivity contribution in [1.82, 2.24) is 9.88 Å². The zero-order valence-corrected chi connectivity index (χ0v) is 10.8. The standard InChI is InChI=1S/C13H23N3/c1-10(2)9-16(4)13(7-14)12-8-15-6-5-11(12)3/h5-6,8,10,13H,7,9,14H2,1-4H3. The van der Waals surface area contributed by atoms with Gasteiger partial charge < -0.3 is 5.73 Å². The maximum Gasteiger partial charge on any atom is 0.0485 e. The molecule has 0 bridgehead atoms. The first-order valence-corrected chi connectivity index (χ1v) is 5.87. The normalized spacial score (nSPS) is 13.4. The second kappa shape index (κ2) is 5.97. The van der Waals surface area contributed by atoms with Gasteiger partial charge in [0.05, 0.1) is 0 Å². The number of pyridine rings is 1. The third kappa shape index (κ3) is 3.29. The minimum atomic E-state index is 0.274. The highest BCUT2D eigenvalue weighted by atomic mass is 15.1. The number of aromatic nitrogens is 1. The lowest BCUT2D eigenvalue weighted by Gasteiger charge is -2.29. The number of rotatable bonds is 5. The van der Waals surface area contributed by atoms with Gasteiger partial charge in [-0.25, -0.2) is 0 Å². The molecule has 1 aromatic rings. The van der Waals surface area contributed by atoms with Crippen molar-refractivity contribution >= 4 is 0 Å². The summed E-state index contributed by atoms with van der Waals surface area (Å²) in [5.41, 5.74) is 8.39. The third-order valence-corrected chi connectivity index (χ3v) is 2.85. The lowest BCUT2D eigenvalue weighted by Crippen LogP contribution is -2.33. The molecule has 1 atom stereocenters. The van der Waals surface area contributed by atoms with Crippen LogP contribution in [0.1, 0.15) is 31.0 Å². The van der Waals surface area contributed by atoms with Crippen molar-refractivity contribution in [3.63, 3.8) is 0 Å². The van der Waals surface area contributed by atoms with Crippen LogP contribution < -0.4 is 5.73 Å². The first-order chi connectivity index (χ1) is 7.56. The van der Waals surface area contributed by atoms with E-state index < -0.39 is 0 Å². The van der Waals surface area contributed by atoms with Crippen LogP contribution in [0.15, 0.2) is 18.5 Å². The van der Waals surface area contributed by atoms with Crippen molar-refractivity contribution in [3.05, 3.63) is 29.6 Å². The van der Waals surface area contributed by atoms with E-state index in [9.17, 15) is 0 Å². The Kier molecular flexibility index (Phi) is 4.90. The van der Waals surface area contributed by atoms with E-state index in [4.69, 9.17) is 5.73 Å². The Balaban J connectivity index is 2.86. The molecule has 0 aliphatic rings. The van der Waals surface area contributed by atoms with Gasteiger partial charge in [-0.2, -0.15) is 0 Å². The van der Waals surface area contributed by atoms with Crippen molar-refractivity contribution < 1.29 is 0 Å². The van der Waals surface area contributed by atoms with Crippen molar-refractivity contribution in [3.8, 4) is 0 Å². The SMILES string of the molecule is Cc1ccncc1C(CN)N(C)CC(C)C. The second-order valence-corrected chi connectivity index (χ2v) is 4.82. The first kappa shape index (κ1) is 13.1. The van der Waals surface area contributed by atoms with E-state index in [0.717, 1.165) is 6.54 Å². The predicted octanol–water partition coefficient (Wildman–Crippen LogP) is 1.98. The van der Waals surface area contributed by atoms with E-state index in [-0.39, 0.29) is 6.04 Å². The highest BCUT2D eigenvalue weighted by Crippen LogP contribution is 2.21. The molecule has 1 unspecified atom stereocenters. The van der Waals surface area contributed by atoms with E-state index in [0.29, 0.717) is 12.5 Å². The minimum absolute atomic E-state index is 0.274. The van der Waals surface area contributed by atoms with E-state index in [1.807, 2.05) is 18.5 Å². The summed E-state index contributed by atoms with van der Waals surface area (Å²) in [5.74, 6) is 0.649. The fraction of sp³-hybridized carbons (Fsp3) is 0.615. The Morgan fingerprint density at radius 3 is 2.62 bits per heavy atom. The van der Waals surface area contributed by atoms with Crippen LogP contribution in [-0.4, -0.2) is 30.0 Å². The Labute approximate surface area is 98.7 Å². The molecule has 0 radical (unpaired) electrons. The second-order valence-electron chi connectivity index (χ2n) is 4.82. The Hall–Kier alpha value is -0.930. The number of hydrogen-bond acceptors (Lipinski definition) is 3. The van der Waals surface area contributed by atoms with Gasteiger partial charge in [-0.1, -0.05) is 13.8 Å². The van der Waals surface area contributed by atoms with Gasteiger partial charge in [0.1, 0.15) is 0 Å². The Morgan fingerprint density at radius 1 is 1.44 bits per heavy atom. The summed E-state index contributed by atoms with van der Waals surface area (Å²) in [4.78, 5) is 6.51. The van der Waals surface area contributed by atoms with Crippen LogP contribution >= 0.6 is 0 Å². The highest BCUT2D eigenvalue weighted by Gasteiger charge is 2.17. The molecule has 90 valence electrons. The van der Waals surface area contributed by atoms with Gasteiger partial charge >= 0.3 is 0 Å². The van der Waals surface area contributed by atoms with E-state index in [1.165, 1.54) is 11.1 Å². The number of hydrogen-bond donors (Lipinski definition) is 1. The molecule has 0 aromatic carbocycles. The van der Waals surface area contributed by atoms with Crippen LogP contribution in [0.5, 0.6) is 0 Å². The van der Waals surface area contributed by atoms with Gasteiger partial charge in [0.15, 0.2) is 0 Å².